The van der Waals surface area contributed by atoms with Crippen molar-refractivity contribution in [2.24, 2.45) is 0 Å². The van der Waals surface area contributed by atoms with Gasteiger partial charge >= 0.3 is 0 Å². The molecule has 6 aromatic rings. The van der Waals surface area contributed by atoms with Crippen molar-refractivity contribution in [2.45, 2.75) is 13.3 Å². The molecule has 0 fully saturated rings. The first-order chi connectivity index (χ1) is 15.8. The van der Waals surface area contributed by atoms with Gasteiger partial charge in [-0.3, -0.25) is 0 Å². The number of rotatable bonds is 1. The predicted octanol–water partition coefficient (Wildman–Crippen LogP) is 8.69. The summed E-state index contributed by atoms with van der Waals surface area (Å²) in [5.74, 6) is 0. The van der Waals surface area contributed by atoms with Crippen LogP contribution in [0.15, 0.2) is 103 Å². The van der Waals surface area contributed by atoms with Crippen LogP contribution in [0.5, 0.6) is 0 Å². The first-order valence-electron chi connectivity index (χ1n) is 11.3. The van der Waals surface area contributed by atoms with Crippen LogP contribution in [0.3, 0.4) is 0 Å². The Bertz CT molecular complexity index is 1670. The Morgan fingerprint density at radius 1 is 0.438 bits per heavy atom. The lowest BCUT2D eigenvalue weighted by atomic mass is 9.90. The van der Waals surface area contributed by atoms with Gasteiger partial charge in [0, 0.05) is 0 Å². The molecule has 0 atom stereocenters. The van der Waals surface area contributed by atoms with E-state index in [1.165, 1.54) is 71.3 Å². The number of benzene rings is 6. The molecule has 1 aliphatic carbocycles. The highest BCUT2D eigenvalue weighted by molar-refractivity contribution is 6.25. The normalized spacial score (nSPS) is 12.4. The molecule has 0 aromatic heterocycles. The van der Waals surface area contributed by atoms with E-state index in [1.54, 1.807) is 0 Å². The van der Waals surface area contributed by atoms with Crippen molar-refractivity contribution in [3.05, 3.63) is 120 Å². The van der Waals surface area contributed by atoms with E-state index in [4.69, 9.17) is 0 Å². The van der Waals surface area contributed by atoms with Gasteiger partial charge in [-0.2, -0.15) is 0 Å². The third kappa shape index (κ3) is 2.38. The van der Waals surface area contributed by atoms with E-state index in [0.29, 0.717) is 0 Å². The Morgan fingerprint density at radius 2 is 0.969 bits per heavy atom. The molecule has 0 spiro atoms. The van der Waals surface area contributed by atoms with Crippen LogP contribution >= 0.6 is 0 Å². The molecule has 7 rings (SSSR count). The number of fused-ring (bicyclic) bond motifs is 9. The van der Waals surface area contributed by atoms with Crippen molar-refractivity contribution in [3.63, 3.8) is 0 Å². The lowest BCUT2D eigenvalue weighted by molar-refractivity contribution is 1.22. The van der Waals surface area contributed by atoms with Crippen LogP contribution in [-0.2, 0) is 6.42 Å². The van der Waals surface area contributed by atoms with Crippen LogP contribution in [-0.4, -0.2) is 0 Å². The van der Waals surface area contributed by atoms with Crippen LogP contribution in [0.4, 0.5) is 0 Å². The summed E-state index contributed by atoms with van der Waals surface area (Å²) >= 11 is 0. The van der Waals surface area contributed by atoms with Crippen LogP contribution < -0.4 is 0 Å². The zero-order chi connectivity index (χ0) is 21.2. The second-order valence-electron chi connectivity index (χ2n) is 8.96. The molecule has 0 nitrogen and oxygen atoms in total. The van der Waals surface area contributed by atoms with Gasteiger partial charge in [0.25, 0.3) is 0 Å². The summed E-state index contributed by atoms with van der Waals surface area (Å²) in [6, 6.07) is 38.2. The Hall–Kier alpha value is -3.90. The molecule has 0 saturated heterocycles. The van der Waals surface area contributed by atoms with Gasteiger partial charge in [-0.15, -0.1) is 0 Å². The van der Waals surface area contributed by atoms with Gasteiger partial charge in [0.15, 0.2) is 0 Å². The molecule has 6 aromatic carbocycles. The highest BCUT2D eigenvalue weighted by atomic mass is 14.3. The smallest absolute Gasteiger partial charge is 0.000466 e. The SMILES string of the molecule is Cc1cccc2c1Cc1c(-c3ccc4c5ccccc5c5ccccc5c4c3)cccc1-2. The van der Waals surface area contributed by atoms with Crippen molar-refractivity contribution in [3.8, 4) is 22.3 Å². The largest absolute Gasteiger partial charge is 0.0616 e. The van der Waals surface area contributed by atoms with Crippen molar-refractivity contribution in [1.29, 1.82) is 0 Å². The topological polar surface area (TPSA) is 0 Å². The van der Waals surface area contributed by atoms with E-state index in [1.807, 2.05) is 0 Å². The molecule has 0 saturated carbocycles. The van der Waals surface area contributed by atoms with Crippen LogP contribution in [0, 0.1) is 6.92 Å². The standard InChI is InChI=1S/C32H22/c1-20-8-6-14-26-28-15-7-13-22(32(28)19-30(20)26)21-16-17-29-25-11-3-2-9-23(25)24-10-4-5-12-27(24)31(29)18-21/h2-18H,19H2,1H3. The van der Waals surface area contributed by atoms with Gasteiger partial charge in [0.1, 0.15) is 0 Å². The van der Waals surface area contributed by atoms with Crippen molar-refractivity contribution in [2.75, 3.05) is 0 Å². The predicted molar refractivity (Wildman–Crippen MR) is 137 cm³/mol. The van der Waals surface area contributed by atoms with Gasteiger partial charge in [0.2, 0.25) is 0 Å². The second-order valence-corrected chi connectivity index (χ2v) is 8.96. The van der Waals surface area contributed by atoms with Crippen molar-refractivity contribution in [1.82, 2.24) is 0 Å². The molecular weight excluding hydrogens is 384 g/mol. The monoisotopic (exact) mass is 406 g/mol. The average Bonchev–Trinajstić information content (AvgIpc) is 3.24. The van der Waals surface area contributed by atoms with Crippen molar-refractivity contribution < 1.29 is 0 Å². The minimum atomic E-state index is 1.02. The first-order valence-corrected chi connectivity index (χ1v) is 11.3. The molecule has 1 aliphatic rings. The molecule has 150 valence electrons. The third-order valence-corrected chi connectivity index (χ3v) is 7.29. The van der Waals surface area contributed by atoms with E-state index < -0.39 is 0 Å². The number of aryl methyl sites for hydroxylation is 1. The Morgan fingerprint density at radius 3 is 1.66 bits per heavy atom. The quantitative estimate of drug-likeness (QED) is 0.239. The molecule has 0 amide bonds. The lowest BCUT2D eigenvalue weighted by Crippen LogP contribution is -1.90. The lowest BCUT2D eigenvalue weighted by Gasteiger charge is -2.14. The number of hydrogen-bond acceptors (Lipinski definition) is 0. The van der Waals surface area contributed by atoms with Crippen LogP contribution in [0.25, 0.3) is 54.6 Å². The summed E-state index contributed by atoms with van der Waals surface area (Å²) in [6.45, 7) is 2.23. The molecule has 0 heterocycles. The summed E-state index contributed by atoms with van der Waals surface area (Å²) in [6.07, 6.45) is 1.02. The fourth-order valence-electron chi connectivity index (χ4n) is 5.74. The van der Waals surface area contributed by atoms with Gasteiger partial charge in [-0.05, 0) is 90.7 Å². The maximum atomic E-state index is 2.41. The van der Waals surface area contributed by atoms with Crippen molar-refractivity contribution >= 4 is 32.3 Å². The van der Waals surface area contributed by atoms with E-state index in [0.717, 1.165) is 6.42 Å². The Kier molecular flexibility index (Phi) is 3.63. The van der Waals surface area contributed by atoms with E-state index in [-0.39, 0.29) is 0 Å². The molecule has 0 heteroatoms. The van der Waals surface area contributed by atoms with E-state index in [9.17, 15) is 0 Å². The summed E-state index contributed by atoms with van der Waals surface area (Å²) in [5, 5.41) is 7.98. The Balaban J connectivity index is 1.52. The zero-order valence-corrected chi connectivity index (χ0v) is 18.0. The molecule has 0 N–H and O–H groups in total. The van der Waals surface area contributed by atoms with Crippen LogP contribution in [0.1, 0.15) is 16.7 Å². The second kappa shape index (κ2) is 6.55. The maximum Gasteiger partial charge on any atom is -0.000466 e. The van der Waals surface area contributed by atoms with Gasteiger partial charge in [0.05, 0.1) is 0 Å². The molecule has 0 aliphatic heterocycles. The Labute approximate surface area is 187 Å². The zero-order valence-electron chi connectivity index (χ0n) is 18.0. The molecule has 0 unspecified atom stereocenters. The maximum absolute atomic E-state index is 2.41. The summed E-state index contributed by atoms with van der Waals surface area (Å²) in [4.78, 5) is 0. The molecular formula is C32H22. The summed E-state index contributed by atoms with van der Waals surface area (Å²) in [7, 11) is 0. The fourth-order valence-corrected chi connectivity index (χ4v) is 5.74. The first kappa shape index (κ1) is 17.7. The minimum absolute atomic E-state index is 1.02. The fraction of sp³-hybridized carbons (Fsp3) is 0.0625. The van der Waals surface area contributed by atoms with Crippen LogP contribution in [0.2, 0.25) is 0 Å². The van der Waals surface area contributed by atoms with Gasteiger partial charge in [-0.25, -0.2) is 0 Å². The summed E-state index contributed by atoms with van der Waals surface area (Å²) in [5.41, 5.74) is 9.79. The van der Waals surface area contributed by atoms with E-state index >= 15 is 0 Å². The highest BCUT2D eigenvalue weighted by Gasteiger charge is 2.22. The number of hydrogen-bond donors (Lipinski definition) is 0. The highest BCUT2D eigenvalue weighted by Crippen LogP contribution is 2.44. The van der Waals surface area contributed by atoms with Gasteiger partial charge < -0.3 is 0 Å². The molecule has 0 bridgehead atoms. The average molecular weight is 407 g/mol. The molecule has 0 radical (unpaired) electrons. The molecule has 32 heavy (non-hydrogen) atoms. The third-order valence-electron chi connectivity index (χ3n) is 7.29. The van der Waals surface area contributed by atoms with E-state index in [2.05, 4.69) is 110 Å². The summed E-state index contributed by atoms with van der Waals surface area (Å²) < 4.78 is 0. The van der Waals surface area contributed by atoms with Gasteiger partial charge in [-0.1, -0.05) is 97.1 Å². The minimum Gasteiger partial charge on any atom is -0.0616 e.